The highest BCUT2D eigenvalue weighted by Gasteiger charge is 2.33. The Morgan fingerprint density at radius 1 is 1.11 bits per heavy atom. The summed E-state index contributed by atoms with van der Waals surface area (Å²) in [6.45, 7) is 6.06. The molecule has 0 bridgehead atoms. The Morgan fingerprint density at radius 2 is 1.92 bits per heavy atom. The van der Waals surface area contributed by atoms with Gasteiger partial charge in [0, 0.05) is 59.2 Å². The summed E-state index contributed by atoms with van der Waals surface area (Å²) in [6, 6.07) is 13.8. The number of hydrogen-bond donors (Lipinski definition) is 1. The Labute approximate surface area is 212 Å². The van der Waals surface area contributed by atoms with Crippen LogP contribution in [0.5, 0.6) is 0 Å². The van der Waals surface area contributed by atoms with E-state index in [1.165, 1.54) is 5.56 Å². The molecule has 0 saturated heterocycles. The fraction of sp³-hybridized carbons (Fsp3) is 0.333. The molecule has 5 nitrogen and oxygen atoms in total. The second-order valence-corrected chi connectivity index (χ2v) is 10.4. The minimum atomic E-state index is -4.11. The molecule has 5 rings (SSSR count). The van der Waals surface area contributed by atoms with Gasteiger partial charge in [0.2, 0.25) is 5.78 Å². The average molecular weight is 514 g/mol. The van der Waals surface area contributed by atoms with E-state index in [2.05, 4.69) is 46.2 Å². The van der Waals surface area contributed by atoms with Gasteiger partial charge in [0.25, 0.3) is 0 Å². The lowest BCUT2D eigenvalue weighted by atomic mass is 9.78. The van der Waals surface area contributed by atoms with Crippen molar-refractivity contribution in [1.82, 2.24) is 19.3 Å². The zero-order valence-electron chi connectivity index (χ0n) is 20.1. The van der Waals surface area contributed by atoms with E-state index in [1.54, 1.807) is 6.20 Å². The Kier molecular flexibility index (Phi) is 6.43. The van der Waals surface area contributed by atoms with Gasteiger partial charge in [-0.15, -0.1) is 0 Å². The van der Waals surface area contributed by atoms with Crippen LogP contribution in [0.15, 0.2) is 61.1 Å². The largest absolute Gasteiger partial charge is 0.389 e. The molecule has 0 atom stereocenters. The maximum absolute atomic E-state index is 12.6. The zero-order valence-corrected chi connectivity index (χ0v) is 20.9. The summed E-state index contributed by atoms with van der Waals surface area (Å²) in [5.41, 5.74) is 4.85. The first-order chi connectivity index (χ1) is 17.1. The number of imidazole rings is 1. The molecule has 3 heterocycles. The molecule has 0 fully saturated rings. The first-order valence-corrected chi connectivity index (χ1v) is 12.2. The van der Waals surface area contributed by atoms with Crippen LogP contribution in [0.1, 0.15) is 37.8 Å². The lowest BCUT2D eigenvalue weighted by Gasteiger charge is -2.40. The van der Waals surface area contributed by atoms with E-state index < -0.39 is 12.6 Å². The average Bonchev–Trinajstić information content (AvgIpc) is 3.19. The van der Waals surface area contributed by atoms with E-state index in [-0.39, 0.29) is 11.8 Å². The van der Waals surface area contributed by atoms with Crippen LogP contribution in [-0.4, -0.2) is 38.5 Å². The quantitative estimate of drug-likeness (QED) is 0.295. The third kappa shape index (κ3) is 5.34. The van der Waals surface area contributed by atoms with E-state index >= 15 is 0 Å². The van der Waals surface area contributed by atoms with Crippen LogP contribution >= 0.6 is 11.6 Å². The van der Waals surface area contributed by atoms with Crippen molar-refractivity contribution < 1.29 is 13.2 Å². The van der Waals surface area contributed by atoms with Crippen molar-refractivity contribution in [3.8, 4) is 11.1 Å². The number of halogens is 4. The summed E-state index contributed by atoms with van der Waals surface area (Å²) < 4.78 is 39.7. The van der Waals surface area contributed by atoms with Crippen molar-refractivity contribution >= 4 is 28.9 Å². The van der Waals surface area contributed by atoms with Crippen molar-refractivity contribution in [2.45, 2.75) is 44.8 Å². The minimum Gasteiger partial charge on any atom is -0.339 e. The molecule has 0 saturated carbocycles. The lowest BCUT2D eigenvalue weighted by Crippen LogP contribution is -2.42. The van der Waals surface area contributed by atoms with Crippen LogP contribution in [0, 0.1) is 0 Å². The molecular formula is C27H27ClF3N5. The molecule has 4 aromatic rings. The summed E-state index contributed by atoms with van der Waals surface area (Å²) in [7, 11) is 0. The first-order valence-electron chi connectivity index (χ1n) is 11.9. The number of anilines is 2. The first kappa shape index (κ1) is 24.6. The van der Waals surface area contributed by atoms with Crippen molar-refractivity contribution in [3.63, 3.8) is 0 Å². The SMILES string of the molecule is CC1(C)CN(CCCC(F)(F)F)Cc2cc(Nc3cn4cc(-c5ccccc5Cl)cnc4n3)ccc21. The number of nitrogens with one attached hydrogen (secondary N) is 1. The van der Waals surface area contributed by atoms with Gasteiger partial charge in [0.15, 0.2) is 5.82 Å². The minimum absolute atomic E-state index is 0.108. The van der Waals surface area contributed by atoms with Crippen LogP contribution in [0.3, 0.4) is 0 Å². The predicted octanol–water partition coefficient (Wildman–Crippen LogP) is 7.23. The molecule has 1 aliphatic heterocycles. The van der Waals surface area contributed by atoms with E-state index in [0.717, 1.165) is 28.9 Å². The van der Waals surface area contributed by atoms with Crippen LogP contribution in [0.2, 0.25) is 5.02 Å². The van der Waals surface area contributed by atoms with Gasteiger partial charge < -0.3 is 5.32 Å². The highest BCUT2D eigenvalue weighted by atomic mass is 35.5. The van der Waals surface area contributed by atoms with E-state index in [0.29, 0.717) is 29.7 Å². The summed E-state index contributed by atoms with van der Waals surface area (Å²) in [4.78, 5) is 11.2. The molecule has 188 valence electrons. The Bertz CT molecular complexity index is 1400. The predicted molar refractivity (Wildman–Crippen MR) is 137 cm³/mol. The molecule has 2 aromatic heterocycles. The molecule has 0 amide bonds. The topological polar surface area (TPSA) is 45.5 Å². The summed E-state index contributed by atoms with van der Waals surface area (Å²) in [6.07, 6.45) is 0.806. The molecule has 0 radical (unpaired) electrons. The van der Waals surface area contributed by atoms with E-state index in [9.17, 15) is 13.2 Å². The van der Waals surface area contributed by atoms with Gasteiger partial charge in [0.1, 0.15) is 0 Å². The van der Waals surface area contributed by atoms with Gasteiger partial charge in [-0.25, -0.2) is 4.98 Å². The van der Waals surface area contributed by atoms with Crippen molar-refractivity contribution in [2.75, 3.05) is 18.4 Å². The molecule has 0 aliphatic carbocycles. The van der Waals surface area contributed by atoms with Gasteiger partial charge >= 0.3 is 6.18 Å². The number of alkyl halides is 3. The monoisotopic (exact) mass is 513 g/mol. The van der Waals surface area contributed by atoms with Crippen LogP contribution in [-0.2, 0) is 12.0 Å². The van der Waals surface area contributed by atoms with Crippen molar-refractivity contribution in [1.29, 1.82) is 0 Å². The fourth-order valence-electron chi connectivity index (χ4n) is 4.99. The second-order valence-electron chi connectivity index (χ2n) is 9.97. The van der Waals surface area contributed by atoms with Crippen molar-refractivity contribution in [3.05, 3.63) is 77.2 Å². The summed E-state index contributed by atoms with van der Waals surface area (Å²) in [5.74, 6) is 1.21. The standard InChI is InChI=1S/C27H27ClF3N5/c1-26(2)17-35(11-5-10-27(29,30)31)14-18-12-20(8-9-22(18)26)33-24-16-36-15-19(13-32-25(36)34-24)21-6-3-4-7-23(21)28/h3-4,6-9,12-13,15-16,33H,5,10-11,14,17H2,1-2H3. The molecular weight excluding hydrogens is 487 g/mol. The van der Waals surface area contributed by atoms with Gasteiger partial charge in [-0.1, -0.05) is 49.7 Å². The third-order valence-corrected chi connectivity index (χ3v) is 6.88. The second kappa shape index (κ2) is 9.41. The number of hydrogen-bond acceptors (Lipinski definition) is 4. The highest BCUT2D eigenvalue weighted by Crippen LogP contribution is 2.36. The number of fused-ring (bicyclic) bond motifs is 2. The van der Waals surface area contributed by atoms with Crippen LogP contribution < -0.4 is 5.32 Å². The van der Waals surface area contributed by atoms with Gasteiger partial charge in [-0.2, -0.15) is 18.2 Å². The molecule has 0 unspecified atom stereocenters. The number of rotatable bonds is 6. The van der Waals surface area contributed by atoms with E-state index in [1.807, 2.05) is 47.1 Å². The highest BCUT2D eigenvalue weighted by molar-refractivity contribution is 6.33. The lowest BCUT2D eigenvalue weighted by molar-refractivity contribution is -0.136. The molecule has 2 aromatic carbocycles. The van der Waals surface area contributed by atoms with Gasteiger partial charge in [-0.05, 0) is 42.3 Å². The Balaban J connectivity index is 1.35. The van der Waals surface area contributed by atoms with Crippen LogP contribution in [0.4, 0.5) is 24.7 Å². The maximum atomic E-state index is 12.6. The third-order valence-electron chi connectivity index (χ3n) is 6.55. The zero-order chi connectivity index (χ0) is 25.5. The van der Waals surface area contributed by atoms with E-state index in [4.69, 9.17) is 11.6 Å². The normalized spacial score (nSPS) is 15.7. The smallest absolute Gasteiger partial charge is 0.339 e. The summed E-state index contributed by atoms with van der Waals surface area (Å²) >= 11 is 6.34. The molecule has 0 spiro atoms. The van der Waals surface area contributed by atoms with Gasteiger partial charge in [0.05, 0.1) is 6.20 Å². The maximum Gasteiger partial charge on any atom is 0.389 e. The fourth-order valence-corrected chi connectivity index (χ4v) is 5.24. The molecule has 1 aliphatic rings. The van der Waals surface area contributed by atoms with Gasteiger partial charge in [-0.3, -0.25) is 9.30 Å². The van der Waals surface area contributed by atoms with Crippen molar-refractivity contribution in [2.24, 2.45) is 0 Å². The molecule has 9 heteroatoms. The number of aromatic nitrogens is 3. The van der Waals surface area contributed by atoms with Crippen LogP contribution in [0.25, 0.3) is 16.9 Å². The molecule has 36 heavy (non-hydrogen) atoms. The summed E-state index contributed by atoms with van der Waals surface area (Å²) in [5, 5.41) is 4.01. The Hall–Kier alpha value is -3.10. The Morgan fingerprint density at radius 3 is 2.69 bits per heavy atom. The number of nitrogens with zero attached hydrogens (tertiary/aromatic N) is 4. The number of benzene rings is 2. The molecule has 1 N–H and O–H groups in total.